The van der Waals surface area contributed by atoms with Crippen molar-refractivity contribution in [3.63, 3.8) is 0 Å². The predicted molar refractivity (Wildman–Crippen MR) is 74.7 cm³/mol. The molecule has 0 amide bonds. The van der Waals surface area contributed by atoms with Gasteiger partial charge >= 0.3 is 0 Å². The SMILES string of the molecule is Cc1nc(CNCc2cn[nH]c2C(C)(C)C)cs1. The summed E-state index contributed by atoms with van der Waals surface area (Å²) in [4.78, 5) is 4.43. The molecule has 0 aliphatic heterocycles. The van der Waals surface area contributed by atoms with Gasteiger partial charge in [-0.1, -0.05) is 20.8 Å². The summed E-state index contributed by atoms with van der Waals surface area (Å²) in [5.41, 5.74) is 3.64. The van der Waals surface area contributed by atoms with Gasteiger partial charge in [0.15, 0.2) is 0 Å². The smallest absolute Gasteiger partial charge is 0.0897 e. The van der Waals surface area contributed by atoms with Crippen LogP contribution in [-0.4, -0.2) is 15.2 Å². The van der Waals surface area contributed by atoms with E-state index in [9.17, 15) is 0 Å². The van der Waals surface area contributed by atoms with Crippen molar-refractivity contribution in [1.29, 1.82) is 0 Å². The van der Waals surface area contributed by atoms with E-state index >= 15 is 0 Å². The summed E-state index contributed by atoms with van der Waals surface area (Å²) in [5.74, 6) is 0. The van der Waals surface area contributed by atoms with Crippen molar-refractivity contribution in [2.45, 2.75) is 46.2 Å². The summed E-state index contributed by atoms with van der Waals surface area (Å²) in [5, 5.41) is 13.9. The molecule has 0 spiro atoms. The number of rotatable bonds is 4. The highest BCUT2D eigenvalue weighted by atomic mass is 32.1. The molecular weight excluding hydrogens is 244 g/mol. The van der Waals surface area contributed by atoms with Crippen LogP contribution in [0.2, 0.25) is 0 Å². The topological polar surface area (TPSA) is 53.6 Å². The molecule has 0 saturated carbocycles. The van der Waals surface area contributed by atoms with E-state index in [1.165, 1.54) is 11.3 Å². The van der Waals surface area contributed by atoms with Crippen LogP contribution in [0, 0.1) is 6.92 Å². The summed E-state index contributed by atoms with van der Waals surface area (Å²) in [6.07, 6.45) is 1.90. The molecule has 0 aromatic carbocycles. The van der Waals surface area contributed by atoms with Crippen LogP contribution in [-0.2, 0) is 18.5 Å². The number of aromatic amines is 1. The highest BCUT2D eigenvalue weighted by Crippen LogP contribution is 2.23. The van der Waals surface area contributed by atoms with Gasteiger partial charge in [0.2, 0.25) is 0 Å². The number of thiazole rings is 1. The molecule has 2 N–H and O–H groups in total. The average molecular weight is 264 g/mol. The molecule has 0 aliphatic rings. The van der Waals surface area contributed by atoms with E-state index in [0.29, 0.717) is 0 Å². The molecule has 2 aromatic heterocycles. The van der Waals surface area contributed by atoms with Crippen LogP contribution in [0.1, 0.15) is 42.7 Å². The lowest BCUT2D eigenvalue weighted by Crippen LogP contribution is -2.19. The van der Waals surface area contributed by atoms with Crippen molar-refractivity contribution in [2.75, 3.05) is 0 Å². The third-order valence-corrected chi connectivity index (χ3v) is 3.58. The second-order valence-electron chi connectivity index (χ2n) is 5.48. The zero-order valence-corrected chi connectivity index (χ0v) is 12.2. The Kier molecular flexibility index (Phi) is 3.82. The van der Waals surface area contributed by atoms with E-state index in [0.717, 1.165) is 23.8 Å². The molecule has 2 heterocycles. The van der Waals surface area contributed by atoms with Crippen LogP contribution in [0.4, 0.5) is 0 Å². The third kappa shape index (κ3) is 3.17. The molecule has 18 heavy (non-hydrogen) atoms. The Balaban J connectivity index is 1.93. The second kappa shape index (κ2) is 5.20. The average Bonchev–Trinajstić information content (AvgIpc) is 2.86. The molecule has 4 nitrogen and oxygen atoms in total. The molecule has 5 heteroatoms. The fourth-order valence-electron chi connectivity index (χ4n) is 1.91. The maximum atomic E-state index is 4.43. The highest BCUT2D eigenvalue weighted by Gasteiger charge is 2.19. The molecule has 98 valence electrons. The number of aromatic nitrogens is 3. The monoisotopic (exact) mass is 264 g/mol. The van der Waals surface area contributed by atoms with Crippen molar-refractivity contribution in [1.82, 2.24) is 20.5 Å². The van der Waals surface area contributed by atoms with E-state index < -0.39 is 0 Å². The first-order valence-corrected chi connectivity index (χ1v) is 6.99. The summed E-state index contributed by atoms with van der Waals surface area (Å²) in [6, 6.07) is 0. The van der Waals surface area contributed by atoms with Crippen molar-refractivity contribution >= 4 is 11.3 Å². The minimum absolute atomic E-state index is 0.102. The van der Waals surface area contributed by atoms with Gasteiger partial charge in [-0.3, -0.25) is 5.10 Å². The third-order valence-electron chi connectivity index (χ3n) is 2.76. The second-order valence-corrected chi connectivity index (χ2v) is 6.54. The van der Waals surface area contributed by atoms with Gasteiger partial charge in [-0.15, -0.1) is 11.3 Å². The first-order valence-electron chi connectivity index (χ1n) is 6.11. The van der Waals surface area contributed by atoms with Crippen LogP contribution in [0.15, 0.2) is 11.6 Å². The Bertz CT molecular complexity index is 507. The normalized spacial score (nSPS) is 12.0. The minimum atomic E-state index is 0.102. The Hall–Kier alpha value is -1.20. The summed E-state index contributed by atoms with van der Waals surface area (Å²) >= 11 is 1.69. The predicted octanol–water partition coefficient (Wildman–Crippen LogP) is 2.76. The van der Waals surface area contributed by atoms with Gasteiger partial charge in [-0.2, -0.15) is 5.10 Å². The molecule has 0 aliphatic carbocycles. The van der Waals surface area contributed by atoms with E-state index in [-0.39, 0.29) is 5.41 Å². The van der Waals surface area contributed by atoms with Crippen molar-refractivity contribution in [2.24, 2.45) is 0 Å². The van der Waals surface area contributed by atoms with Crippen molar-refractivity contribution in [3.8, 4) is 0 Å². The molecule has 2 aromatic rings. The standard InChI is InChI=1S/C13H20N4S/c1-9-16-11(8-18-9)7-14-5-10-6-15-17-12(10)13(2,3)4/h6,8,14H,5,7H2,1-4H3,(H,15,17). The number of hydrogen-bond acceptors (Lipinski definition) is 4. The number of aryl methyl sites for hydroxylation is 1. The van der Waals surface area contributed by atoms with Gasteiger partial charge in [0.25, 0.3) is 0 Å². The van der Waals surface area contributed by atoms with Gasteiger partial charge in [0.05, 0.1) is 16.9 Å². The fraction of sp³-hybridized carbons (Fsp3) is 0.538. The first-order chi connectivity index (χ1) is 8.47. The van der Waals surface area contributed by atoms with E-state index in [1.807, 2.05) is 13.1 Å². The Morgan fingerprint density at radius 1 is 1.33 bits per heavy atom. The van der Waals surface area contributed by atoms with Crippen LogP contribution in [0.3, 0.4) is 0 Å². The maximum absolute atomic E-state index is 4.43. The number of hydrogen-bond donors (Lipinski definition) is 2. The number of nitrogens with zero attached hydrogens (tertiary/aromatic N) is 2. The van der Waals surface area contributed by atoms with Crippen molar-refractivity contribution < 1.29 is 0 Å². The Morgan fingerprint density at radius 3 is 2.72 bits per heavy atom. The molecule has 0 fully saturated rings. The van der Waals surface area contributed by atoms with E-state index in [4.69, 9.17) is 0 Å². The van der Waals surface area contributed by atoms with E-state index in [1.54, 1.807) is 11.3 Å². The lowest BCUT2D eigenvalue weighted by Gasteiger charge is -2.18. The van der Waals surface area contributed by atoms with Gasteiger partial charge in [0.1, 0.15) is 0 Å². The van der Waals surface area contributed by atoms with Crippen LogP contribution in [0.5, 0.6) is 0 Å². The van der Waals surface area contributed by atoms with Crippen LogP contribution < -0.4 is 5.32 Å². The lowest BCUT2D eigenvalue weighted by molar-refractivity contribution is 0.553. The minimum Gasteiger partial charge on any atom is -0.307 e. The molecule has 0 bridgehead atoms. The largest absolute Gasteiger partial charge is 0.307 e. The molecule has 0 saturated heterocycles. The van der Waals surface area contributed by atoms with Gasteiger partial charge in [-0.25, -0.2) is 4.98 Å². The zero-order chi connectivity index (χ0) is 13.2. The molecular formula is C13H20N4S. The summed E-state index contributed by atoms with van der Waals surface area (Å²) < 4.78 is 0. The van der Waals surface area contributed by atoms with Crippen molar-refractivity contribution in [3.05, 3.63) is 33.5 Å². The molecule has 0 radical (unpaired) electrons. The number of nitrogens with one attached hydrogen (secondary N) is 2. The summed E-state index contributed by atoms with van der Waals surface area (Å²) in [6.45, 7) is 10.2. The number of H-pyrrole nitrogens is 1. The fourth-order valence-corrected chi connectivity index (χ4v) is 2.52. The highest BCUT2D eigenvalue weighted by molar-refractivity contribution is 7.09. The molecule has 0 atom stereocenters. The molecule has 2 rings (SSSR count). The van der Waals surface area contributed by atoms with Crippen LogP contribution in [0.25, 0.3) is 0 Å². The zero-order valence-electron chi connectivity index (χ0n) is 11.4. The van der Waals surface area contributed by atoms with Gasteiger partial charge in [-0.05, 0) is 6.92 Å². The first kappa shape index (κ1) is 13.2. The summed E-state index contributed by atoms with van der Waals surface area (Å²) in [7, 11) is 0. The maximum Gasteiger partial charge on any atom is 0.0897 e. The quantitative estimate of drug-likeness (QED) is 0.893. The van der Waals surface area contributed by atoms with Crippen LogP contribution >= 0.6 is 11.3 Å². The Labute approximate surface area is 112 Å². The Morgan fingerprint density at radius 2 is 2.11 bits per heavy atom. The molecule has 0 unspecified atom stereocenters. The lowest BCUT2D eigenvalue weighted by atomic mass is 9.89. The van der Waals surface area contributed by atoms with Gasteiger partial charge < -0.3 is 5.32 Å². The van der Waals surface area contributed by atoms with Gasteiger partial charge in [0, 0.05) is 35.1 Å². The van der Waals surface area contributed by atoms with E-state index in [2.05, 4.69) is 46.6 Å².